The molecular formula is C35H63F3O2Sn2. The van der Waals surface area contributed by atoms with Crippen molar-refractivity contribution < 1.29 is 23.0 Å². The van der Waals surface area contributed by atoms with Crippen LogP contribution < -0.4 is 4.74 Å². The van der Waals surface area contributed by atoms with Crippen LogP contribution >= 0.6 is 0 Å². The first-order valence-corrected chi connectivity index (χ1v) is 32.2. The van der Waals surface area contributed by atoms with Gasteiger partial charge in [0.1, 0.15) is 0 Å². The Hall–Kier alpha value is 0.107. The van der Waals surface area contributed by atoms with Gasteiger partial charge >= 0.3 is 267 Å². The van der Waals surface area contributed by atoms with Crippen LogP contribution in [0.25, 0.3) is 0 Å². The number of benzene rings is 1. The maximum atomic E-state index is 16.1. The van der Waals surface area contributed by atoms with Crippen LogP contribution in [-0.2, 0) is 0 Å². The molecule has 0 fully saturated rings. The van der Waals surface area contributed by atoms with Crippen LogP contribution in [0, 0.1) is 0 Å². The third-order valence-corrected chi connectivity index (χ3v) is 43.3. The van der Waals surface area contributed by atoms with Crippen molar-refractivity contribution in [2.75, 3.05) is 7.11 Å². The molecule has 0 spiro atoms. The van der Waals surface area contributed by atoms with Gasteiger partial charge in [0, 0.05) is 0 Å². The van der Waals surface area contributed by atoms with Gasteiger partial charge in [0.05, 0.1) is 0 Å². The Balaban J connectivity index is 4.40. The Bertz CT molecular complexity index is 840. The molecule has 0 saturated heterocycles. The van der Waals surface area contributed by atoms with Crippen molar-refractivity contribution >= 4 is 36.8 Å². The number of ether oxygens (including phenoxy) is 1. The van der Waals surface area contributed by atoms with Crippen molar-refractivity contribution in [3.05, 3.63) is 37.0 Å². The van der Waals surface area contributed by atoms with E-state index in [-0.39, 0.29) is 3.59 Å². The number of allylic oxidation sites excluding steroid dienone is 1. The number of aliphatic hydroxyl groups excluding tert-OH is 1. The molecule has 0 aliphatic carbocycles. The molecule has 0 aliphatic rings. The predicted octanol–water partition coefficient (Wildman–Crippen LogP) is 12.4. The van der Waals surface area contributed by atoms with Crippen LogP contribution in [0.5, 0.6) is 5.75 Å². The minimum atomic E-state index is -4.39. The second kappa shape index (κ2) is 21.0. The normalized spacial score (nSPS) is 14.2. The summed E-state index contributed by atoms with van der Waals surface area (Å²) in [6.07, 6.45) is 5.69. The molecule has 2 nitrogen and oxygen atoms in total. The summed E-state index contributed by atoms with van der Waals surface area (Å²) in [4.78, 5) is 0. The summed E-state index contributed by atoms with van der Waals surface area (Å²) in [6.45, 7) is 12.8. The summed E-state index contributed by atoms with van der Waals surface area (Å²) < 4.78 is 59.3. The maximum absolute atomic E-state index is 16.1. The molecule has 42 heavy (non-hydrogen) atoms. The van der Waals surface area contributed by atoms with E-state index in [9.17, 15) is 5.11 Å². The van der Waals surface area contributed by atoms with Crippen molar-refractivity contribution in [2.45, 2.75) is 157 Å². The molecule has 0 radical (unpaired) electrons. The van der Waals surface area contributed by atoms with Gasteiger partial charge in [0.25, 0.3) is 0 Å². The van der Waals surface area contributed by atoms with Crippen molar-refractivity contribution in [3.63, 3.8) is 0 Å². The van der Waals surface area contributed by atoms with Crippen LogP contribution in [0.2, 0.25) is 26.6 Å². The fraction of sp³-hybridized carbons (Fsp3) is 0.771. The number of rotatable bonds is 23. The van der Waals surface area contributed by atoms with Crippen molar-refractivity contribution in [3.8, 4) is 5.75 Å². The van der Waals surface area contributed by atoms with E-state index >= 15 is 13.2 Å². The molecule has 0 amide bonds. The van der Waals surface area contributed by atoms with Gasteiger partial charge in [-0.05, 0) is 0 Å². The van der Waals surface area contributed by atoms with Crippen molar-refractivity contribution in [1.29, 1.82) is 0 Å². The zero-order valence-corrected chi connectivity index (χ0v) is 33.8. The zero-order chi connectivity index (χ0) is 31.7. The predicted molar refractivity (Wildman–Crippen MR) is 181 cm³/mol. The van der Waals surface area contributed by atoms with Gasteiger partial charge < -0.3 is 0 Å². The van der Waals surface area contributed by atoms with E-state index in [0.717, 1.165) is 104 Å². The number of hydrogen-bond acceptors (Lipinski definition) is 2. The van der Waals surface area contributed by atoms with Gasteiger partial charge in [-0.15, -0.1) is 0 Å². The molecule has 1 atom stereocenters. The SMILES string of the molecule is CCC[CH2][Sn]([CH2]CCC)([CH2]CCC)/[C](=[C](/C(F)(F)F)[Sn]([CH2]CCC)([CH2]CCC)[CH2]CCC)C(O)c1ccc(OC)cc1. The molecule has 1 N–H and O–H groups in total. The Morgan fingerprint density at radius 3 is 1.26 bits per heavy atom. The van der Waals surface area contributed by atoms with E-state index in [1.807, 2.05) is 12.1 Å². The molecule has 1 aromatic rings. The summed E-state index contributed by atoms with van der Waals surface area (Å²) in [7, 11) is 1.60. The molecule has 1 rings (SSSR count). The van der Waals surface area contributed by atoms with Gasteiger partial charge in [-0.2, -0.15) is 0 Å². The Morgan fingerprint density at radius 2 is 0.976 bits per heavy atom. The Labute approximate surface area is 265 Å². The number of alkyl halides is 3. The molecule has 0 saturated carbocycles. The van der Waals surface area contributed by atoms with E-state index in [2.05, 4.69) is 41.5 Å². The first kappa shape index (κ1) is 40.1. The van der Waals surface area contributed by atoms with Crippen LogP contribution in [-0.4, -0.2) is 55.1 Å². The van der Waals surface area contributed by atoms with Gasteiger partial charge in [0.2, 0.25) is 0 Å². The molecule has 1 unspecified atom stereocenters. The fourth-order valence-corrected chi connectivity index (χ4v) is 51.3. The molecule has 0 aliphatic heterocycles. The Kier molecular flexibility index (Phi) is 20.1. The summed E-state index contributed by atoms with van der Waals surface area (Å²) in [5, 5.41) is 12.4. The standard InChI is InChI=1S/C11H9F3O2.6C4H9.2Sn/c1-16-9-4-2-8(3-5-9)10(15)6-7-11(12,13)14;6*1-3-4-2;;/h2-5,10,15H,1H3;6*1,3-4H2,2H3;;. The first-order chi connectivity index (χ1) is 20.1. The van der Waals surface area contributed by atoms with Crippen molar-refractivity contribution in [2.24, 2.45) is 0 Å². The van der Waals surface area contributed by atoms with Crippen LogP contribution in [0.4, 0.5) is 13.2 Å². The van der Waals surface area contributed by atoms with E-state index in [1.165, 1.54) is 0 Å². The topological polar surface area (TPSA) is 29.5 Å². The fourth-order valence-electron chi connectivity index (χ4n) is 7.00. The van der Waals surface area contributed by atoms with Gasteiger partial charge in [-0.1, -0.05) is 0 Å². The minimum absolute atomic E-state index is 0.0745. The van der Waals surface area contributed by atoms with Gasteiger partial charge in [0.15, 0.2) is 0 Å². The van der Waals surface area contributed by atoms with Crippen LogP contribution in [0.15, 0.2) is 31.4 Å². The molecule has 0 bridgehead atoms. The molecule has 0 aromatic heterocycles. The monoisotopic (exact) mass is 812 g/mol. The Morgan fingerprint density at radius 1 is 0.643 bits per heavy atom. The third-order valence-electron chi connectivity index (χ3n) is 9.41. The van der Waals surface area contributed by atoms with Gasteiger partial charge in [-0.25, -0.2) is 0 Å². The van der Waals surface area contributed by atoms with E-state index in [0.29, 0.717) is 14.9 Å². The summed E-state index contributed by atoms with van der Waals surface area (Å²) in [5.74, 6) is 0.660. The number of halogens is 3. The molecule has 0 heterocycles. The average Bonchev–Trinajstić information content (AvgIpc) is 2.99. The summed E-state index contributed by atoms with van der Waals surface area (Å²) >= 11 is -7.84. The second-order valence-electron chi connectivity index (χ2n) is 12.6. The van der Waals surface area contributed by atoms with E-state index < -0.39 is 49.0 Å². The first-order valence-electron chi connectivity index (χ1n) is 17.2. The number of methoxy groups -OCH3 is 1. The molecule has 244 valence electrons. The third kappa shape index (κ3) is 11.8. The van der Waals surface area contributed by atoms with Crippen LogP contribution in [0.1, 0.15) is 130 Å². The number of aliphatic hydroxyl groups is 1. The zero-order valence-electron chi connectivity index (χ0n) is 28.1. The molecular weight excluding hydrogens is 747 g/mol. The van der Waals surface area contributed by atoms with Gasteiger partial charge in [-0.3, -0.25) is 0 Å². The van der Waals surface area contributed by atoms with E-state index in [4.69, 9.17) is 4.74 Å². The second-order valence-corrected chi connectivity index (χ2v) is 38.8. The van der Waals surface area contributed by atoms with E-state index in [1.54, 1.807) is 19.2 Å². The summed E-state index contributed by atoms with van der Waals surface area (Å²) in [5.41, 5.74) is 0.611. The number of unbranched alkanes of at least 4 members (excludes halogenated alkanes) is 6. The average molecular weight is 810 g/mol. The molecule has 1 aromatic carbocycles. The van der Waals surface area contributed by atoms with Crippen LogP contribution in [0.3, 0.4) is 0 Å². The molecule has 7 heteroatoms. The quantitative estimate of drug-likeness (QED) is 0.112. The number of hydrogen-bond donors (Lipinski definition) is 1. The summed E-state index contributed by atoms with van der Waals surface area (Å²) in [6, 6.07) is 7.23. The van der Waals surface area contributed by atoms with Crippen molar-refractivity contribution in [1.82, 2.24) is 0 Å².